The first-order valence-electron chi connectivity index (χ1n) is 8.74. The third-order valence-electron chi connectivity index (χ3n) is 3.57. The van der Waals surface area contributed by atoms with E-state index >= 15 is 0 Å². The molecule has 1 fully saturated rings. The lowest BCUT2D eigenvalue weighted by molar-refractivity contribution is -0.119. The molecule has 0 spiro atoms. The number of hydrogen-bond acceptors (Lipinski definition) is 5. The number of rotatable bonds is 9. The van der Waals surface area contributed by atoms with Gasteiger partial charge in [-0.15, -0.1) is 12.4 Å². The normalized spacial score (nSPS) is 16.6. The summed E-state index contributed by atoms with van der Waals surface area (Å²) in [7, 11) is 0. The molecule has 1 aromatic carbocycles. The molecule has 0 aromatic heterocycles. The average Bonchev–Trinajstić information content (AvgIpc) is 2.60. The number of halogens is 1. The minimum atomic E-state index is -0.0678. The van der Waals surface area contributed by atoms with E-state index in [1.54, 1.807) is 0 Å². The van der Waals surface area contributed by atoms with Crippen LogP contribution in [0, 0.1) is 0 Å². The van der Waals surface area contributed by atoms with Crippen LogP contribution in [0.1, 0.15) is 33.1 Å². The summed E-state index contributed by atoms with van der Waals surface area (Å²) < 4.78 is 17.0. The molecule has 142 valence electrons. The highest BCUT2D eigenvalue weighted by Gasteiger charge is 2.17. The van der Waals surface area contributed by atoms with Crippen LogP contribution in [-0.2, 0) is 9.53 Å². The van der Waals surface area contributed by atoms with E-state index in [1.165, 1.54) is 0 Å². The fourth-order valence-electron chi connectivity index (χ4n) is 2.41. The van der Waals surface area contributed by atoms with Gasteiger partial charge < -0.3 is 24.8 Å². The minimum Gasteiger partial charge on any atom is -0.490 e. The molecule has 2 N–H and O–H groups in total. The van der Waals surface area contributed by atoms with Gasteiger partial charge in [-0.05, 0) is 25.0 Å². The van der Waals surface area contributed by atoms with E-state index in [4.69, 9.17) is 14.2 Å². The van der Waals surface area contributed by atoms with Crippen molar-refractivity contribution in [3.8, 4) is 11.5 Å². The molecule has 1 saturated heterocycles. The van der Waals surface area contributed by atoms with Crippen LogP contribution < -0.4 is 20.1 Å². The number of ether oxygens (including phenoxy) is 3. The molecule has 1 atom stereocenters. The van der Waals surface area contributed by atoms with Crippen molar-refractivity contribution in [3.63, 3.8) is 0 Å². The predicted molar refractivity (Wildman–Crippen MR) is 101 cm³/mol. The monoisotopic (exact) mass is 372 g/mol. The van der Waals surface area contributed by atoms with Crippen molar-refractivity contribution in [1.82, 2.24) is 5.32 Å². The number of nitrogens with one attached hydrogen (secondary N) is 2. The van der Waals surface area contributed by atoms with E-state index in [-0.39, 0.29) is 24.4 Å². The highest BCUT2D eigenvalue weighted by atomic mass is 35.5. The third kappa shape index (κ3) is 7.50. The van der Waals surface area contributed by atoms with Crippen LogP contribution in [0.2, 0.25) is 0 Å². The summed E-state index contributed by atoms with van der Waals surface area (Å²) in [6.07, 6.45) is 2.12. The van der Waals surface area contributed by atoms with Crippen molar-refractivity contribution in [3.05, 3.63) is 18.2 Å². The summed E-state index contributed by atoms with van der Waals surface area (Å²) in [6, 6.07) is 5.50. The first-order valence-corrected chi connectivity index (χ1v) is 8.74. The lowest BCUT2D eigenvalue weighted by Crippen LogP contribution is -2.40. The van der Waals surface area contributed by atoms with Gasteiger partial charge in [-0.25, -0.2) is 0 Å². The fourth-order valence-corrected chi connectivity index (χ4v) is 2.41. The Hall–Kier alpha value is -1.50. The molecular weight excluding hydrogens is 344 g/mol. The second kappa shape index (κ2) is 12.0. The van der Waals surface area contributed by atoms with E-state index in [0.717, 1.165) is 19.4 Å². The Balaban J connectivity index is 0.00000312. The van der Waals surface area contributed by atoms with E-state index in [2.05, 4.69) is 24.5 Å². The molecule has 1 heterocycles. The van der Waals surface area contributed by atoms with E-state index in [1.807, 2.05) is 18.2 Å². The summed E-state index contributed by atoms with van der Waals surface area (Å²) in [4.78, 5) is 12.2. The largest absolute Gasteiger partial charge is 0.490 e. The average molecular weight is 373 g/mol. The SMILES string of the molecule is CCCOc1ccc(NC(=O)CC2CNCCO2)cc1OCCC.Cl. The molecule has 1 aromatic rings. The van der Waals surface area contributed by atoms with Crippen molar-refractivity contribution in [2.75, 3.05) is 38.2 Å². The number of anilines is 1. The van der Waals surface area contributed by atoms with Crippen molar-refractivity contribution < 1.29 is 19.0 Å². The Kier molecular flexibility index (Phi) is 10.3. The molecule has 25 heavy (non-hydrogen) atoms. The van der Waals surface area contributed by atoms with Gasteiger partial charge in [0.15, 0.2) is 11.5 Å². The standard InChI is InChI=1S/C18H28N2O4.ClH/c1-3-8-23-16-6-5-14(11-17(16)24-9-4-2)20-18(21)12-15-13-19-7-10-22-15;/h5-6,11,15,19H,3-4,7-10,12-13H2,1-2H3,(H,20,21);1H. The van der Waals surface area contributed by atoms with Gasteiger partial charge in [-0.2, -0.15) is 0 Å². The molecule has 0 radical (unpaired) electrons. The zero-order valence-electron chi connectivity index (χ0n) is 15.0. The van der Waals surface area contributed by atoms with Gasteiger partial charge in [0.05, 0.1) is 32.3 Å². The highest BCUT2D eigenvalue weighted by molar-refractivity contribution is 5.91. The second-order valence-electron chi connectivity index (χ2n) is 5.81. The first-order chi connectivity index (χ1) is 11.7. The van der Waals surface area contributed by atoms with Crippen LogP contribution in [-0.4, -0.2) is 44.9 Å². The molecule has 6 nitrogen and oxygen atoms in total. The second-order valence-corrected chi connectivity index (χ2v) is 5.81. The number of carbonyl (C=O) groups excluding carboxylic acids is 1. The van der Waals surface area contributed by atoms with Crippen molar-refractivity contribution in [1.29, 1.82) is 0 Å². The molecule has 7 heteroatoms. The maximum absolute atomic E-state index is 12.2. The quantitative estimate of drug-likeness (QED) is 0.697. The molecular formula is C18H29ClN2O4. The van der Waals surface area contributed by atoms with Gasteiger partial charge in [0.25, 0.3) is 0 Å². The van der Waals surface area contributed by atoms with E-state index in [9.17, 15) is 4.79 Å². The Morgan fingerprint density at radius 1 is 1.24 bits per heavy atom. The van der Waals surface area contributed by atoms with E-state index < -0.39 is 0 Å². The Morgan fingerprint density at radius 2 is 1.96 bits per heavy atom. The smallest absolute Gasteiger partial charge is 0.227 e. The number of carbonyl (C=O) groups is 1. The number of morpholine rings is 1. The van der Waals surface area contributed by atoms with Gasteiger partial charge in [0.1, 0.15) is 0 Å². The number of hydrogen-bond donors (Lipinski definition) is 2. The maximum atomic E-state index is 12.2. The third-order valence-corrected chi connectivity index (χ3v) is 3.57. The molecule has 1 aliphatic rings. The lowest BCUT2D eigenvalue weighted by Gasteiger charge is -2.23. The summed E-state index contributed by atoms with van der Waals surface area (Å²) in [5, 5.41) is 6.13. The van der Waals surface area contributed by atoms with Gasteiger partial charge in [-0.3, -0.25) is 4.79 Å². The van der Waals surface area contributed by atoms with Gasteiger partial charge >= 0.3 is 0 Å². The summed E-state index contributed by atoms with van der Waals surface area (Å²) in [5.41, 5.74) is 0.707. The van der Waals surface area contributed by atoms with Gasteiger partial charge in [0, 0.05) is 24.8 Å². The summed E-state index contributed by atoms with van der Waals surface area (Å²) in [5.74, 6) is 1.31. The zero-order valence-corrected chi connectivity index (χ0v) is 15.8. The van der Waals surface area contributed by atoms with Crippen molar-refractivity contribution in [2.45, 2.75) is 39.2 Å². The minimum absolute atomic E-state index is 0. The lowest BCUT2D eigenvalue weighted by atomic mass is 10.2. The Labute approximate surface area is 156 Å². The van der Waals surface area contributed by atoms with Crippen molar-refractivity contribution in [2.24, 2.45) is 0 Å². The molecule has 2 rings (SSSR count). The predicted octanol–water partition coefficient (Wildman–Crippen LogP) is 3.00. The Bertz CT molecular complexity index is 522. The van der Waals surface area contributed by atoms with Crippen LogP contribution >= 0.6 is 12.4 Å². The zero-order chi connectivity index (χ0) is 17.2. The fraction of sp³-hybridized carbons (Fsp3) is 0.611. The van der Waals surface area contributed by atoms with Gasteiger partial charge in [0.2, 0.25) is 5.91 Å². The molecule has 0 bridgehead atoms. The number of amides is 1. The summed E-state index contributed by atoms with van der Waals surface area (Å²) >= 11 is 0. The Morgan fingerprint density at radius 3 is 2.60 bits per heavy atom. The van der Waals surface area contributed by atoms with Crippen LogP contribution in [0.3, 0.4) is 0 Å². The van der Waals surface area contributed by atoms with Crippen LogP contribution in [0.15, 0.2) is 18.2 Å². The van der Waals surface area contributed by atoms with Crippen molar-refractivity contribution >= 4 is 24.0 Å². The maximum Gasteiger partial charge on any atom is 0.227 e. The topological polar surface area (TPSA) is 68.8 Å². The van der Waals surface area contributed by atoms with Crippen LogP contribution in [0.5, 0.6) is 11.5 Å². The molecule has 0 saturated carbocycles. The molecule has 1 unspecified atom stereocenters. The highest BCUT2D eigenvalue weighted by Crippen LogP contribution is 2.31. The van der Waals surface area contributed by atoms with Crippen LogP contribution in [0.25, 0.3) is 0 Å². The number of benzene rings is 1. The molecule has 1 aliphatic heterocycles. The van der Waals surface area contributed by atoms with Gasteiger partial charge in [-0.1, -0.05) is 13.8 Å². The first kappa shape index (κ1) is 21.5. The summed E-state index contributed by atoms with van der Waals surface area (Å²) in [6.45, 7) is 7.56. The van der Waals surface area contributed by atoms with E-state index in [0.29, 0.717) is 50.0 Å². The molecule has 1 amide bonds. The van der Waals surface area contributed by atoms with Crippen LogP contribution in [0.4, 0.5) is 5.69 Å². The molecule has 0 aliphatic carbocycles.